The summed E-state index contributed by atoms with van der Waals surface area (Å²) >= 11 is 0. The van der Waals surface area contributed by atoms with Crippen molar-refractivity contribution in [3.8, 4) is 5.75 Å². The molecule has 0 bridgehead atoms. The molecular weight excluding hydrogens is 384 g/mol. The predicted molar refractivity (Wildman–Crippen MR) is 117 cm³/mol. The average Bonchev–Trinajstić information content (AvgIpc) is 3.06. The molecule has 3 rings (SSSR count). The van der Waals surface area contributed by atoms with E-state index < -0.39 is 4.92 Å². The summed E-state index contributed by atoms with van der Waals surface area (Å²) in [6, 6.07) is 6.30. The Bertz CT molecular complexity index is 1170. The molecule has 1 heterocycles. The van der Waals surface area contributed by atoms with Crippen LogP contribution in [0, 0.1) is 30.9 Å². The van der Waals surface area contributed by atoms with Crippen molar-refractivity contribution in [2.24, 2.45) is 0 Å². The maximum absolute atomic E-state index is 12.6. The predicted octanol–water partition coefficient (Wildman–Crippen LogP) is 5.71. The Hall–Kier alpha value is -3.61. The van der Waals surface area contributed by atoms with Gasteiger partial charge in [-0.25, -0.2) is 0 Å². The molecule has 2 aromatic carbocycles. The van der Waals surface area contributed by atoms with E-state index in [0.29, 0.717) is 23.6 Å². The molecule has 7 heteroatoms. The highest BCUT2D eigenvalue weighted by Crippen LogP contribution is 2.37. The smallest absolute Gasteiger partial charge is 0.269 e. The lowest BCUT2D eigenvalue weighted by molar-refractivity contribution is -0.384. The van der Waals surface area contributed by atoms with Crippen LogP contribution in [0.3, 0.4) is 0 Å². The van der Waals surface area contributed by atoms with Gasteiger partial charge in [0, 0.05) is 40.4 Å². The number of non-ortho nitro benzene ring substituents is 1. The Balaban J connectivity index is 1.95. The fourth-order valence-electron chi connectivity index (χ4n) is 3.41. The molecule has 0 saturated carbocycles. The highest BCUT2D eigenvalue weighted by atomic mass is 16.6. The van der Waals surface area contributed by atoms with Gasteiger partial charge in [0.25, 0.3) is 5.69 Å². The summed E-state index contributed by atoms with van der Waals surface area (Å²) < 4.78 is 11.5. The van der Waals surface area contributed by atoms with Gasteiger partial charge in [0.05, 0.1) is 17.8 Å². The lowest BCUT2D eigenvalue weighted by Crippen LogP contribution is -2.10. The van der Waals surface area contributed by atoms with E-state index in [1.54, 1.807) is 13.2 Å². The lowest BCUT2D eigenvalue weighted by atomic mass is 9.98. The van der Waals surface area contributed by atoms with Crippen molar-refractivity contribution in [2.45, 2.75) is 34.6 Å². The van der Waals surface area contributed by atoms with Crippen molar-refractivity contribution in [1.29, 1.82) is 0 Å². The van der Waals surface area contributed by atoms with Gasteiger partial charge in [-0.05, 0) is 63.5 Å². The van der Waals surface area contributed by atoms with Crippen molar-refractivity contribution in [1.82, 2.24) is 0 Å². The van der Waals surface area contributed by atoms with E-state index in [2.05, 4.69) is 5.32 Å². The minimum atomic E-state index is -0.464. The van der Waals surface area contributed by atoms with Crippen molar-refractivity contribution in [2.75, 3.05) is 11.9 Å². The van der Waals surface area contributed by atoms with Crippen molar-refractivity contribution < 1.29 is 18.9 Å². The van der Waals surface area contributed by atoms with Crippen LogP contribution in [0.25, 0.3) is 16.5 Å². The largest absolute Gasteiger partial charge is 0.493 e. The first kappa shape index (κ1) is 21.1. The summed E-state index contributed by atoms with van der Waals surface area (Å²) in [6.45, 7) is 9.86. The normalized spacial score (nSPS) is 11.6. The van der Waals surface area contributed by atoms with Gasteiger partial charge >= 0.3 is 0 Å². The number of hydrogen-bond acceptors (Lipinski definition) is 5. The summed E-state index contributed by atoms with van der Waals surface area (Å²) in [5, 5.41) is 14.7. The number of rotatable bonds is 6. The number of nitro benzene ring substituents is 1. The number of ether oxygens (including phenoxy) is 1. The van der Waals surface area contributed by atoms with Gasteiger partial charge in [0.2, 0.25) is 5.91 Å². The molecule has 30 heavy (non-hydrogen) atoms. The lowest BCUT2D eigenvalue weighted by Gasteiger charge is -2.15. The highest BCUT2D eigenvalue weighted by Gasteiger charge is 2.17. The molecule has 3 aromatic rings. The van der Waals surface area contributed by atoms with E-state index in [1.807, 2.05) is 33.8 Å². The molecule has 0 aliphatic rings. The van der Waals surface area contributed by atoms with Crippen LogP contribution in [0.4, 0.5) is 11.4 Å². The number of nitro groups is 1. The molecule has 156 valence electrons. The Kier molecular flexibility index (Phi) is 5.91. The number of benzene rings is 2. The van der Waals surface area contributed by atoms with E-state index in [4.69, 9.17) is 9.15 Å². The number of carbonyl (C=O) groups is 1. The first-order chi connectivity index (χ1) is 14.2. The van der Waals surface area contributed by atoms with Crippen LogP contribution in [0.5, 0.6) is 5.75 Å². The van der Waals surface area contributed by atoms with Gasteiger partial charge in [-0.2, -0.15) is 0 Å². The molecule has 0 spiro atoms. The van der Waals surface area contributed by atoms with Crippen LogP contribution in [0.15, 0.2) is 41.0 Å². The summed E-state index contributed by atoms with van der Waals surface area (Å²) in [4.78, 5) is 23.0. The number of allylic oxidation sites excluding steroid dienone is 1. The first-order valence-corrected chi connectivity index (χ1v) is 9.61. The van der Waals surface area contributed by atoms with Crippen molar-refractivity contribution in [3.63, 3.8) is 0 Å². The molecule has 7 nitrogen and oxygen atoms in total. The molecule has 0 radical (unpaired) electrons. The van der Waals surface area contributed by atoms with Gasteiger partial charge < -0.3 is 14.5 Å². The molecule has 1 N–H and O–H groups in total. The molecule has 1 amide bonds. The van der Waals surface area contributed by atoms with Gasteiger partial charge in [0.1, 0.15) is 11.3 Å². The summed E-state index contributed by atoms with van der Waals surface area (Å²) in [5.74, 6) is 0.362. The number of nitrogens with zero attached hydrogens (tertiary/aromatic N) is 1. The summed E-state index contributed by atoms with van der Waals surface area (Å²) in [5.41, 5.74) is 5.36. The molecule has 0 saturated heterocycles. The van der Waals surface area contributed by atoms with Gasteiger partial charge in [-0.3, -0.25) is 14.9 Å². The SMILES string of the molecule is CCOc1c(/C(C)=C/C(=O)Nc2ccc([N+](=O)[O-])cc2C)cc2c(C)coc2c1C. The Labute approximate surface area is 174 Å². The van der Waals surface area contributed by atoms with Crippen molar-refractivity contribution >= 4 is 33.8 Å². The Morgan fingerprint density at radius 1 is 1.23 bits per heavy atom. The van der Waals surface area contributed by atoms with Crippen LogP contribution in [-0.4, -0.2) is 17.4 Å². The number of aryl methyl sites for hydroxylation is 3. The molecule has 1 aromatic heterocycles. The number of amides is 1. The van der Waals surface area contributed by atoms with Crippen LogP contribution in [-0.2, 0) is 4.79 Å². The number of fused-ring (bicyclic) bond motifs is 1. The third-order valence-corrected chi connectivity index (χ3v) is 4.98. The number of carbonyl (C=O) groups excluding carboxylic acids is 1. The molecule has 0 fully saturated rings. The van der Waals surface area contributed by atoms with Gasteiger partial charge in [-0.15, -0.1) is 0 Å². The zero-order valence-corrected chi connectivity index (χ0v) is 17.7. The maximum atomic E-state index is 12.6. The standard InChI is InChI=1S/C23H24N2O5/c1-6-29-22-16(5)23-19(15(4)12-30-23)11-18(22)13(2)10-21(26)24-20-8-7-17(25(27)28)9-14(20)3/h7-12H,6H2,1-5H3,(H,24,26)/b13-10+. The second-order valence-corrected chi connectivity index (χ2v) is 7.18. The van der Waals surface area contributed by atoms with E-state index in [1.165, 1.54) is 24.3 Å². The monoisotopic (exact) mass is 408 g/mol. The highest BCUT2D eigenvalue weighted by molar-refractivity contribution is 6.05. The Morgan fingerprint density at radius 3 is 2.60 bits per heavy atom. The quantitative estimate of drug-likeness (QED) is 0.320. The van der Waals surface area contributed by atoms with E-state index in [9.17, 15) is 14.9 Å². The molecule has 0 aliphatic carbocycles. The zero-order chi connectivity index (χ0) is 22.0. The van der Waals surface area contributed by atoms with Crippen LogP contribution in [0.1, 0.15) is 36.1 Å². The molecule has 0 unspecified atom stereocenters. The number of furan rings is 1. The minimum absolute atomic E-state index is 0.0159. The maximum Gasteiger partial charge on any atom is 0.269 e. The van der Waals surface area contributed by atoms with E-state index >= 15 is 0 Å². The van der Waals surface area contributed by atoms with E-state index in [-0.39, 0.29) is 11.6 Å². The fourth-order valence-corrected chi connectivity index (χ4v) is 3.41. The third kappa shape index (κ3) is 4.05. The second-order valence-electron chi connectivity index (χ2n) is 7.18. The summed E-state index contributed by atoms with van der Waals surface area (Å²) in [6.07, 6.45) is 3.21. The van der Waals surface area contributed by atoms with Gasteiger partial charge in [0.15, 0.2) is 0 Å². The number of anilines is 1. The average molecular weight is 408 g/mol. The number of nitrogens with one attached hydrogen (secondary N) is 1. The van der Waals surface area contributed by atoms with Crippen LogP contribution >= 0.6 is 0 Å². The Morgan fingerprint density at radius 2 is 1.97 bits per heavy atom. The molecular formula is C23H24N2O5. The van der Waals surface area contributed by atoms with E-state index in [0.717, 1.165) is 33.2 Å². The van der Waals surface area contributed by atoms with Crippen molar-refractivity contribution in [3.05, 3.63) is 69.0 Å². The topological polar surface area (TPSA) is 94.6 Å². The van der Waals surface area contributed by atoms with Gasteiger partial charge in [-0.1, -0.05) is 0 Å². The minimum Gasteiger partial charge on any atom is -0.493 e. The summed E-state index contributed by atoms with van der Waals surface area (Å²) in [7, 11) is 0. The zero-order valence-electron chi connectivity index (χ0n) is 17.7. The van der Waals surface area contributed by atoms with Crippen LogP contribution < -0.4 is 10.1 Å². The fraction of sp³-hybridized carbons (Fsp3) is 0.261. The molecule has 0 aliphatic heterocycles. The third-order valence-electron chi connectivity index (χ3n) is 4.98. The second kappa shape index (κ2) is 8.41. The van der Waals surface area contributed by atoms with Crippen LogP contribution in [0.2, 0.25) is 0 Å². The first-order valence-electron chi connectivity index (χ1n) is 9.61. The number of hydrogen-bond donors (Lipinski definition) is 1. The molecule has 0 atom stereocenters.